The van der Waals surface area contributed by atoms with Crippen molar-refractivity contribution in [3.63, 3.8) is 0 Å². The summed E-state index contributed by atoms with van der Waals surface area (Å²) < 4.78 is 1.77. The lowest BCUT2D eigenvalue weighted by molar-refractivity contribution is -0.115. The van der Waals surface area contributed by atoms with Crippen molar-refractivity contribution < 1.29 is 4.79 Å². The average Bonchev–Trinajstić information content (AvgIpc) is 3.10. The number of hydrogen-bond donors (Lipinski definition) is 1. The monoisotopic (exact) mass is 321 g/mol. The average molecular weight is 321 g/mol. The molecule has 2 heterocycles. The number of nitrogens with zero attached hydrogens (tertiary/aromatic N) is 2. The summed E-state index contributed by atoms with van der Waals surface area (Å²) in [4.78, 5) is 28.5. The standard InChI is InChI=1S/C14H15N3O2S2/c15-12(18)8-21-13-10-4-1-5-11(10)17(14(19)16-13)7-9-3-2-6-20-9/h2-3,6H,1,4-5,7-8H2,(H2,15,18). The maximum Gasteiger partial charge on any atom is 0.349 e. The van der Waals surface area contributed by atoms with Crippen molar-refractivity contribution in [2.45, 2.75) is 30.8 Å². The van der Waals surface area contributed by atoms with E-state index < -0.39 is 5.91 Å². The molecule has 2 aromatic rings. The molecule has 7 heteroatoms. The number of primary amides is 1. The van der Waals surface area contributed by atoms with Crippen LogP contribution in [0.1, 0.15) is 22.6 Å². The third-order valence-electron chi connectivity index (χ3n) is 3.45. The molecule has 0 radical (unpaired) electrons. The van der Waals surface area contributed by atoms with E-state index >= 15 is 0 Å². The Morgan fingerprint density at radius 1 is 1.48 bits per heavy atom. The number of amides is 1. The number of aromatic nitrogens is 2. The molecule has 110 valence electrons. The van der Waals surface area contributed by atoms with Gasteiger partial charge < -0.3 is 5.73 Å². The molecule has 0 unspecified atom stereocenters. The lowest BCUT2D eigenvalue weighted by Crippen LogP contribution is -2.27. The lowest BCUT2D eigenvalue weighted by Gasteiger charge is -2.13. The lowest BCUT2D eigenvalue weighted by atomic mass is 10.2. The quantitative estimate of drug-likeness (QED) is 0.667. The third kappa shape index (κ3) is 3.03. The number of carbonyl (C=O) groups is 1. The summed E-state index contributed by atoms with van der Waals surface area (Å²) in [5.41, 5.74) is 7.11. The summed E-state index contributed by atoms with van der Waals surface area (Å²) in [6.45, 7) is 0.576. The molecule has 2 N–H and O–H groups in total. The molecule has 3 rings (SSSR count). The minimum Gasteiger partial charge on any atom is -0.369 e. The summed E-state index contributed by atoms with van der Waals surface area (Å²) in [6, 6.07) is 4.00. The van der Waals surface area contributed by atoms with Gasteiger partial charge in [0.25, 0.3) is 0 Å². The molecule has 0 spiro atoms. The molecule has 1 amide bonds. The zero-order chi connectivity index (χ0) is 14.8. The molecule has 1 aliphatic rings. The van der Waals surface area contributed by atoms with E-state index in [1.807, 2.05) is 17.5 Å². The van der Waals surface area contributed by atoms with Crippen molar-refractivity contribution in [3.05, 3.63) is 44.1 Å². The van der Waals surface area contributed by atoms with E-state index in [0.29, 0.717) is 11.6 Å². The molecular formula is C14H15N3O2S2. The van der Waals surface area contributed by atoms with Crippen LogP contribution in [0, 0.1) is 0 Å². The van der Waals surface area contributed by atoms with Crippen LogP contribution in [-0.4, -0.2) is 21.2 Å². The van der Waals surface area contributed by atoms with Gasteiger partial charge in [-0.25, -0.2) is 4.79 Å². The van der Waals surface area contributed by atoms with Crippen molar-refractivity contribution >= 4 is 29.0 Å². The largest absolute Gasteiger partial charge is 0.369 e. The first-order chi connectivity index (χ1) is 10.1. The van der Waals surface area contributed by atoms with E-state index in [9.17, 15) is 9.59 Å². The number of fused-ring (bicyclic) bond motifs is 1. The van der Waals surface area contributed by atoms with E-state index in [1.54, 1.807) is 15.9 Å². The SMILES string of the molecule is NC(=O)CSc1nc(=O)n(Cc2cccs2)c2c1CCC2. The molecule has 0 saturated carbocycles. The highest BCUT2D eigenvalue weighted by atomic mass is 32.2. The van der Waals surface area contributed by atoms with Crippen molar-refractivity contribution in [2.24, 2.45) is 5.73 Å². The van der Waals surface area contributed by atoms with Crippen LogP contribution in [0.4, 0.5) is 0 Å². The van der Waals surface area contributed by atoms with E-state index in [-0.39, 0.29) is 11.4 Å². The second-order valence-electron chi connectivity index (χ2n) is 4.90. The van der Waals surface area contributed by atoms with Crippen molar-refractivity contribution in [2.75, 3.05) is 5.75 Å². The first kappa shape index (κ1) is 14.3. The number of thiophene rings is 1. The Balaban J connectivity index is 1.97. The highest BCUT2D eigenvalue weighted by molar-refractivity contribution is 7.99. The van der Waals surface area contributed by atoms with Crippen molar-refractivity contribution in [1.29, 1.82) is 0 Å². The number of carbonyl (C=O) groups excluding carboxylic acids is 1. The molecule has 2 aromatic heterocycles. The van der Waals surface area contributed by atoms with Crippen LogP contribution in [0.3, 0.4) is 0 Å². The van der Waals surface area contributed by atoms with E-state index in [4.69, 9.17) is 5.73 Å². The van der Waals surface area contributed by atoms with Gasteiger partial charge in [0.05, 0.1) is 12.3 Å². The van der Waals surface area contributed by atoms with Gasteiger partial charge in [-0.3, -0.25) is 9.36 Å². The number of rotatable bonds is 5. The molecule has 0 atom stereocenters. The molecule has 0 aromatic carbocycles. The van der Waals surface area contributed by atoms with Crippen LogP contribution in [0.5, 0.6) is 0 Å². The highest BCUT2D eigenvalue weighted by Gasteiger charge is 2.22. The molecule has 0 saturated heterocycles. The second kappa shape index (κ2) is 6.03. The van der Waals surface area contributed by atoms with Crippen molar-refractivity contribution in [1.82, 2.24) is 9.55 Å². The highest BCUT2D eigenvalue weighted by Crippen LogP contribution is 2.29. The van der Waals surface area contributed by atoms with Gasteiger partial charge in [-0.15, -0.1) is 11.3 Å². The van der Waals surface area contributed by atoms with E-state index in [2.05, 4.69) is 4.98 Å². The Bertz CT molecular complexity index is 723. The summed E-state index contributed by atoms with van der Waals surface area (Å²) in [7, 11) is 0. The summed E-state index contributed by atoms with van der Waals surface area (Å²) >= 11 is 2.90. The van der Waals surface area contributed by atoms with Crippen LogP contribution < -0.4 is 11.4 Å². The molecule has 0 fully saturated rings. The van der Waals surface area contributed by atoms with E-state index in [1.165, 1.54) is 11.8 Å². The van der Waals surface area contributed by atoms with Gasteiger partial charge in [-0.05, 0) is 30.7 Å². The molecule has 21 heavy (non-hydrogen) atoms. The van der Waals surface area contributed by atoms with Crippen LogP contribution in [0.25, 0.3) is 0 Å². The van der Waals surface area contributed by atoms with Gasteiger partial charge in [-0.1, -0.05) is 17.8 Å². The topological polar surface area (TPSA) is 78.0 Å². The Morgan fingerprint density at radius 3 is 3.05 bits per heavy atom. The minimum atomic E-state index is -0.392. The Morgan fingerprint density at radius 2 is 2.33 bits per heavy atom. The van der Waals surface area contributed by atoms with Crippen LogP contribution >= 0.6 is 23.1 Å². The van der Waals surface area contributed by atoms with Gasteiger partial charge in [0.2, 0.25) is 5.91 Å². The zero-order valence-electron chi connectivity index (χ0n) is 11.4. The zero-order valence-corrected chi connectivity index (χ0v) is 13.0. The fraction of sp³-hybridized carbons (Fsp3) is 0.357. The van der Waals surface area contributed by atoms with Gasteiger partial charge >= 0.3 is 5.69 Å². The minimum absolute atomic E-state index is 0.161. The summed E-state index contributed by atoms with van der Waals surface area (Å²) in [6.07, 6.45) is 2.83. The van der Waals surface area contributed by atoms with Crippen LogP contribution in [0.2, 0.25) is 0 Å². The van der Waals surface area contributed by atoms with Crippen LogP contribution in [0.15, 0.2) is 27.3 Å². The molecule has 5 nitrogen and oxygen atoms in total. The summed E-state index contributed by atoms with van der Waals surface area (Å²) in [5.74, 6) is -0.232. The Kier molecular flexibility index (Phi) is 4.12. The maximum atomic E-state index is 12.3. The van der Waals surface area contributed by atoms with Gasteiger partial charge in [-0.2, -0.15) is 4.98 Å². The Labute approximate surface area is 130 Å². The van der Waals surface area contributed by atoms with E-state index in [0.717, 1.165) is 35.4 Å². The smallest absolute Gasteiger partial charge is 0.349 e. The molecule has 1 aliphatic carbocycles. The fourth-order valence-corrected chi connectivity index (χ4v) is 4.07. The maximum absolute atomic E-state index is 12.3. The summed E-state index contributed by atoms with van der Waals surface area (Å²) in [5, 5.41) is 2.68. The third-order valence-corrected chi connectivity index (χ3v) is 5.35. The number of hydrogen-bond acceptors (Lipinski definition) is 5. The fourth-order valence-electron chi connectivity index (χ4n) is 2.57. The first-order valence-corrected chi connectivity index (χ1v) is 8.58. The van der Waals surface area contributed by atoms with Gasteiger partial charge in [0.1, 0.15) is 5.03 Å². The number of thioether (sulfide) groups is 1. The van der Waals surface area contributed by atoms with Gasteiger partial charge in [0.15, 0.2) is 0 Å². The Hall–Kier alpha value is -1.60. The molecule has 0 aliphatic heterocycles. The number of nitrogens with two attached hydrogens (primary N) is 1. The first-order valence-electron chi connectivity index (χ1n) is 6.71. The predicted octanol–water partition coefficient (Wildman–Crippen LogP) is 1.42. The van der Waals surface area contributed by atoms with Crippen LogP contribution in [-0.2, 0) is 24.2 Å². The van der Waals surface area contributed by atoms with Gasteiger partial charge in [0, 0.05) is 16.1 Å². The predicted molar refractivity (Wildman–Crippen MR) is 83.9 cm³/mol. The normalized spacial score (nSPS) is 13.3. The molecular weight excluding hydrogens is 306 g/mol. The second-order valence-corrected chi connectivity index (χ2v) is 6.90. The van der Waals surface area contributed by atoms with Crippen molar-refractivity contribution in [3.8, 4) is 0 Å². The molecule has 0 bridgehead atoms.